The van der Waals surface area contributed by atoms with Crippen LogP contribution in [-0.4, -0.2) is 48.5 Å². The highest BCUT2D eigenvalue weighted by atomic mass is 35.5. The van der Waals surface area contributed by atoms with Crippen molar-refractivity contribution in [2.45, 2.75) is 50.2 Å². The quantitative estimate of drug-likeness (QED) is 0.591. The second kappa shape index (κ2) is 7.99. The van der Waals surface area contributed by atoms with Crippen LogP contribution >= 0.6 is 11.6 Å². The third-order valence-corrected chi connectivity index (χ3v) is 6.13. The molecule has 150 valence electrons. The number of nitro groups is 1. The molecule has 1 saturated heterocycles. The zero-order valence-corrected chi connectivity index (χ0v) is 16.8. The summed E-state index contributed by atoms with van der Waals surface area (Å²) in [5, 5.41) is 13.3. The molecule has 1 aliphatic heterocycles. The average molecular weight is 420 g/mol. The molecule has 27 heavy (non-hydrogen) atoms. The minimum absolute atomic E-state index is 0.100. The summed E-state index contributed by atoms with van der Waals surface area (Å²) in [6.07, 6.45) is 0.323. The number of sulfonamides is 1. The normalized spacial score (nSPS) is 16.7. The number of nitrogens with zero attached hydrogens (tertiary/aromatic N) is 2. The Kier molecular flexibility index (Phi) is 6.33. The summed E-state index contributed by atoms with van der Waals surface area (Å²) in [6.45, 7) is 5.69. The van der Waals surface area contributed by atoms with E-state index in [1.165, 1.54) is 10.4 Å². The molecular formula is C16H22ClN3O6S. The molecule has 1 heterocycles. The maximum atomic E-state index is 12.7. The number of ether oxygens (including phenoxy) is 1. The van der Waals surface area contributed by atoms with Crippen molar-refractivity contribution in [1.29, 1.82) is 0 Å². The van der Waals surface area contributed by atoms with E-state index in [0.717, 1.165) is 12.1 Å². The van der Waals surface area contributed by atoms with Gasteiger partial charge in [-0.3, -0.25) is 10.1 Å². The number of piperidine rings is 1. The Bertz CT molecular complexity index is 829. The van der Waals surface area contributed by atoms with Crippen molar-refractivity contribution in [3.05, 3.63) is 33.3 Å². The zero-order valence-electron chi connectivity index (χ0n) is 15.3. The number of carbonyl (C=O) groups excluding carboxylic acids is 1. The van der Waals surface area contributed by atoms with Crippen molar-refractivity contribution < 1.29 is 22.9 Å². The second-order valence-corrected chi connectivity index (χ2v) is 9.54. The van der Waals surface area contributed by atoms with Crippen molar-refractivity contribution in [3.8, 4) is 0 Å². The highest BCUT2D eigenvalue weighted by Crippen LogP contribution is 2.29. The maximum absolute atomic E-state index is 12.7. The van der Waals surface area contributed by atoms with Crippen LogP contribution in [0, 0.1) is 10.1 Å². The zero-order chi connectivity index (χ0) is 20.4. The maximum Gasteiger partial charge on any atom is 0.407 e. The Balaban J connectivity index is 2.01. The molecule has 0 aromatic heterocycles. The van der Waals surface area contributed by atoms with E-state index >= 15 is 0 Å². The van der Waals surface area contributed by atoms with E-state index in [9.17, 15) is 23.3 Å². The van der Waals surface area contributed by atoms with Crippen LogP contribution < -0.4 is 5.32 Å². The van der Waals surface area contributed by atoms with Crippen LogP contribution in [0.3, 0.4) is 0 Å². The smallest absolute Gasteiger partial charge is 0.407 e. The van der Waals surface area contributed by atoms with Gasteiger partial charge in [-0.1, -0.05) is 11.6 Å². The van der Waals surface area contributed by atoms with Crippen LogP contribution in [0.5, 0.6) is 0 Å². The van der Waals surface area contributed by atoms with Crippen LogP contribution in [0.2, 0.25) is 5.02 Å². The van der Waals surface area contributed by atoms with Crippen LogP contribution in [0.15, 0.2) is 23.1 Å². The van der Waals surface area contributed by atoms with Gasteiger partial charge in [0.25, 0.3) is 5.69 Å². The highest BCUT2D eigenvalue weighted by molar-refractivity contribution is 7.89. The van der Waals surface area contributed by atoms with Gasteiger partial charge in [0.05, 0.1) is 9.82 Å². The molecule has 2 rings (SSSR count). The lowest BCUT2D eigenvalue weighted by molar-refractivity contribution is -0.384. The molecule has 1 aromatic carbocycles. The van der Waals surface area contributed by atoms with Gasteiger partial charge < -0.3 is 10.1 Å². The molecule has 0 bridgehead atoms. The SMILES string of the molecule is CC(C)(C)OC(=O)NC1CCN(S(=O)(=O)c2ccc([N+](=O)[O-])c(Cl)c2)CC1. The van der Waals surface area contributed by atoms with E-state index in [0.29, 0.717) is 12.8 Å². The highest BCUT2D eigenvalue weighted by Gasteiger charge is 2.31. The number of amides is 1. The van der Waals surface area contributed by atoms with Gasteiger partial charge in [0.15, 0.2) is 0 Å². The first-order valence-electron chi connectivity index (χ1n) is 8.34. The first-order valence-corrected chi connectivity index (χ1v) is 10.2. The van der Waals surface area contributed by atoms with Gasteiger partial charge in [0, 0.05) is 25.2 Å². The van der Waals surface area contributed by atoms with E-state index in [4.69, 9.17) is 16.3 Å². The molecule has 0 saturated carbocycles. The number of carbonyl (C=O) groups is 1. The topological polar surface area (TPSA) is 119 Å². The summed E-state index contributed by atoms with van der Waals surface area (Å²) < 4.78 is 31.9. The molecule has 11 heteroatoms. The van der Waals surface area contributed by atoms with E-state index in [-0.39, 0.29) is 34.7 Å². The van der Waals surface area contributed by atoms with Crippen LogP contribution in [0.25, 0.3) is 0 Å². The fourth-order valence-corrected chi connectivity index (χ4v) is 4.47. The van der Waals surface area contributed by atoms with Gasteiger partial charge in [0.2, 0.25) is 10.0 Å². The predicted molar refractivity (Wildman–Crippen MR) is 99.3 cm³/mol. The third kappa shape index (κ3) is 5.53. The Labute approximate surface area is 162 Å². The molecule has 0 spiro atoms. The van der Waals surface area contributed by atoms with Gasteiger partial charge >= 0.3 is 6.09 Å². The lowest BCUT2D eigenvalue weighted by Gasteiger charge is -2.32. The van der Waals surface area contributed by atoms with Crippen molar-refractivity contribution in [2.75, 3.05) is 13.1 Å². The summed E-state index contributed by atoms with van der Waals surface area (Å²) in [6, 6.07) is 3.14. The molecule has 1 amide bonds. The number of nitrogens with one attached hydrogen (secondary N) is 1. The van der Waals surface area contributed by atoms with Crippen LogP contribution in [0.4, 0.5) is 10.5 Å². The Morgan fingerprint density at radius 3 is 2.41 bits per heavy atom. The molecule has 0 aliphatic carbocycles. The molecule has 0 atom stereocenters. The Hall–Kier alpha value is -1.91. The molecule has 9 nitrogen and oxygen atoms in total. The number of halogens is 1. The van der Waals surface area contributed by atoms with E-state index in [1.807, 2.05) is 0 Å². The first-order chi connectivity index (χ1) is 12.4. The van der Waals surface area contributed by atoms with Gasteiger partial charge in [0.1, 0.15) is 10.6 Å². The molecule has 0 unspecified atom stereocenters. The van der Waals surface area contributed by atoms with Crippen molar-refractivity contribution >= 4 is 33.4 Å². The predicted octanol–water partition coefficient (Wildman–Crippen LogP) is 2.93. The standard InChI is InChI=1S/C16H22ClN3O6S/c1-16(2,3)26-15(21)18-11-6-8-19(9-7-11)27(24,25)12-4-5-14(20(22)23)13(17)10-12/h4-5,10-11H,6-9H2,1-3H3,(H,18,21). The summed E-state index contributed by atoms with van der Waals surface area (Å²) in [5.74, 6) is 0. The summed E-state index contributed by atoms with van der Waals surface area (Å²) in [4.78, 5) is 21.9. The second-order valence-electron chi connectivity index (χ2n) is 7.19. The molecule has 1 N–H and O–H groups in total. The lowest BCUT2D eigenvalue weighted by atomic mass is 10.1. The van der Waals surface area contributed by atoms with E-state index in [2.05, 4.69) is 5.32 Å². The van der Waals surface area contributed by atoms with Gasteiger partial charge in [-0.25, -0.2) is 13.2 Å². The average Bonchev–Trinajstić information content (AvgIpc) is 2.53. The Morgan fingerprint density at radius 1 is 1.33 bits per heavy atom. The summed E-state index contributed by atoms with van der Waals surface area (Å²) >= 11 is 5.82. The number of rotatable bonds is 4. The Morgan fingerprint density at radius 2 is 1.93 bits per heavy atom. The largest absolute Gasteiger partial charge is 0.444 e. The summed E-state index contributed by atoms with van der Waals surface area (Å²) in [7, 11) is -3.83. The van der Waals surface area contributed by atoms with Crippen molar-refractivity contribution in [1.82, 2.24) is 9.62 Å². The molecular weight excluding hydrogens is 398 g/mol. The van der Waals surface area contributed by atoms with Crippen LogP contribution in [-0.2, 0) is 14.8 Å². The number of nitro benzene ring substituents is 1. The molecule has 1 aliphatic rings. The fraction of sp³-hybridized carbons (Fsp3) is 0.562. The summed E-state index contributed by atoms with van der Waals surface area (Å²) in [5.41, 5.74) is -0.959. The number of hydrogen-bond acceptors (Lipinski definition) is 6. The number of alkyl carbamates (subject to hydrolysis) is 1. The third-order valence-electron chi connectivity index (χ3n) is 3.93. The minimum atomic E-state index is -3.83. The van der Waals surface area contributed by atoms with E-state index in [1.54, 1.807) is 20.8 Å². The molecule has 1 aromatic rings. The van der Waals surface area contributed by atoms with E-state index < -0.39 is 26.6 Å². The first kappa shape index (κ1) is 21.4. The monoisotopic (exact) mass is 419 g/mol. The molecule has 0 radical (unpaired) electrons. The number of hydrogen-bond donors (Lipinski definition) is 1. The van der Waals surface area contributed by atoms with Crippen molar-refractivity contribution in [3.63, 3.8) is 0 Å². The van der Waals surface area contributed by atoms with Gasteiger partial charge in [-0.15, -0.1) is 0 Å². The fourth-order valence-electron chi connectivity index (χ4n) is 2.66. The molecule has 1 fully saturated rings. The van der Waals surface area contributed by atoms with Gasteiger partial charge in [-0.2, -0.15) is 4.31 Å². The minimum Gasteiger partial charge on any atom is -0.444 e. The lowest BCUT2D eigenvalue weighted by Crippen LogP contribution is -2.47. The number of benzene rings is 1. The van der Waals surface area contributed by atoms with Gasteiger partial charge in [-0.05, 0) is 45.7 Å². The van der Waals surface area contributed by atoms with Crippen LogP contribution in [0.1, 0.15) is 33.6 Å². The van der Waals surface area contributed by atoms with Crippen molar-refractivity contribution in [2.24, 2.45) is 0 Å².